The molecule has 1 aromatic heterocycles. The maximum atomic E-state index is 14.1. The monoisotopic (exact) mass is 506 g/mol. The number of amides is 1. The van der Waals surface area contributed by atoms with Crippen LogP contribution in [0.4, 0.5) is 4.39 Å². The summed E-state index contributed by atoms with van der Waals surface area (Å²) in [6.45, 7) is 0. The number of methoxy groups -OCH3 is 2. The van der Waals surface area contributed by atoms with Crippen molar-refractivity contribution in [1.29, 1.82) is 0 Å². The molecule has 3 aromatic carbocycles. The summed E-state index contributed by atoms with van der Waals surface area (Å²) in [6, 6.07) is 21.2. The average Bonchev–Trinajstić information content (AvgIpc) is 3.27. The number of carbonyl (C=O) groups is 1. The number of nitrogens with zero attached hydrogens (tertiary/aromatic N) is 3. The van der Waals surface area contributed by atoms with Crippen molar-refractivity contribution >= 4 is 17.7 Å². The third-order valence-corrected chi connectivity index (χ3v) is 6.80. The highest BCUT2D eigenvalue weighted by Gasteiger charge is 2.25. The molecule has 4 rings (SSSR count). The molecule has 0 aliphatic carbocycles. The fraction of sp³-hybridized carbons (Fsp3) is 0.222. The van der Waals surface area contributed by atoms with Crippen LogP contribution in [0.3, 0.4) is 0 Å². The van der Waals surface area contributed by atoms with Gasteiger partial charge in [0.2, 0.25) is 0 Å². The summed E-state index contributed by atoms with van der Waals surface area (Å²) in [4.78, 5) is 13.4. The van der Waals surface area contributed by atoms with Crippen molar-refractivity contribution in [2.45, 2.75) is 23.4 Å². The molecular weight excluding hydrogens is 479 g/mol. The van der Waals surface area contributed by atoms with Crippen LogP contribution in [0, 0.1) is 5.82 Å². The van der Waals surface area contributed by atoms with Crippen molar-refractivity contribution in [2.75, 3.05) is 14.2 Å². The Kier molecular flexibility index (Phi) is 8.22. The van der Waals surface area contributed by atoms with E-state index < -0.39 is 6.04 Å². The molecule has 36 heavy (non-hydrogen) atoms. The number of thioether (sulfide) groups is 1. The van der Waals surface area contributed by atoms with Crippen molar-refractivity contribution in [3.63, 3.8) is 0 Å². The standard InChI is InChI=1S/C27H27FN4O3S/c1-32-25(30-31-27(32)36-17-19-12-7-8-14-21(19)28)22(16-18-10-5-4-6-11-18)29-26(33)20-13-9-15-23(34-2)24(20)35-3/h4-15,22H,16-17H2,1-3H3,(H,29,33)/t22-/m0/s1. The molecule has 0 saturated heterocycles. The van der Waals surface area contributed by atoms with E-state index in [1.165, 1.54) is 32.0 Å². The molecule has 0 radical (unpaired) electrons. The summed E-state index contributed by atoms with van der Waals surface area (Å²) in [5.41, 5.74) is 1.97. The zero-order valence-electron chi connectivity index (χ0n) is 20.3. The summed E-state index contributed by atoms with van der Waals surface area (Å²) in [5, 5.41) is 12.4. The minimum atomic E-state index is -0.476. The molecule has 7 nitrogen and oxygen atoms in total. The summed E-state index contributed by atoms with van der Waals surface area (Å²) in [5.74, 6) is 1.24. The smallest absolute Gasteiger partial charge is 0.255 e. The average molecular weight is 507 g/mol. The van der Waals surface area contributed by atoms with E-state index in [1.807, 2.05) is 41.9 Å². The Hall–Kier alpha value is -3.85. The molecule has 0 unspecified atom stereocenters. The molecule has 0 aliphatic heterocycles. The zero-order chi connectivity index (χ0) is 25.5. The molecule has 4 aromatic rings. The van der Waals surface area contributed by atoms with E-state index in [2.05, 4.69) is 15.5 Å². The molecule has 1 amide bonds. The number of rotatable bonds is 10. The van der Waals surface area contributed by atoms with Gasteiger partial charge < -0.3 is 19.4 Å². The largest absolute Gasteiger partial charge is 0.493 e. The highest BCUT2D eigenvalue weighted by atomic mass is 32.2. The number of aromatic nitrogens is 3. The number of para-hydroxylation sites is 1. The summed E-state index contributed by atoms with van der Waals surface area (Å²) < 4.78 is 26.7. The molecule has 0 saturated carbocycles. The summed E-state index contributed by atoms with van der Waals surface area (Å²) in [6.07, 6.45) is 0.503. The zero-order valence-corrected chi connectivity index (χ0v) is 21.1. The predicted molar refractivity (Wildman–Crippen MR) is 137 cm³/mol. The molecule has 0 fully saturated rings. The number of benzene rings is 3. The van der Waals surface area contributed by atoms with Crippen molar-refractivity contribution in [3.05, 3.63) is 101 Å². The van der Waals surface area contributed by atoms with Gasteiger partial charge in [0.05, 0.1) is 25.8 Å². The van der Waals surface area contributed by atoms with Crippen LogP contribution in [0.25, 0.3) is 0 Å². The number of nitrogens with one attached hydrogen (secondary N) is 1. The second-order valence-electron chi connectivity index (χ2n) is 8.04. The van der Waals surface area contributed by atoms with E-state index in [-0.39, 0.29) is 11.7 Å². The lowest BCUT2D eigenvalue weighted by Gasteiger charge is -2.20. The van der Waals surface area contributed by atoms with Crippen molar-refractivity contribution in [3.8, 4) is 11.5 Å². The van der Waals surface area contributed by atoms with Gasteiger partial charge in [0.15, 0.2) is 22.5 Å². The molecule has 0 aliphatic rings. The Morgan fingerprint density at radius 2 is 1.75 bits per heavy atom. The highest BCUT2D eigenvalue weighted by Crippen LogP contribution is 2.31. The second kappa shape index (κ2) is 11.7. The number of carbonyl (C=O) groups excluding carboxylic acids is 1. The Labute approximate surface area is 213 Å². The first kappa shape index (κ1) is 25.2. The SMILES string of the molecule is COc1cccc(C(=O)N[C@@H](Cc2ccccc2)c2nnc(SCc3ccccc3F)n2C)c1OC. The second-order valence-corrected chi connectivity index (χ2v) is 8.98. The molecule has 1 atom stereocenters. The minimum absolute atomic E-state index is 0.256. The number of hydrogen-bond acceptors (Lipinski definition) is 6. The van der Waals surface area contributed by atoms with E-state index in [0.717, 1.165) is 5.56 Å². The maximum Gasteiger partial charge on any atom is 0.255 e. The lowest BCUT2D eigenvalue weighted by atomic mass is 10.0. The van der Waals surface area contributed by atoms with E-state index >= 15 is 0 Å². The van der Waals surface area contributed by atoms with E-state index in [9.17, 15) is 9.18 Å². The van der Waals surface area contributed by atoms with Gasteiger partial charge in [-0.05, 0) is 35.7 Å². The van der Waals surface area contributed by atoms with E-state index in [1.54, 1.807) is 36.4 Å². The van der Waals surface area contributed by atoms with Crippen molar-refractivity contribution < 1.29 is 18.7 Å². The van der Waals surface area contributed by atoms with Crippen LogP contribution in [0.2, 0.25) is 0 Å². The van der Waals surface area contributed by atoms with Gasteiger partial charge in [-0.3, -0.25) is 4.79 Å². The van der Waals surface area contributed by atoms with Gasteiger partial charge >= 0.3 is 0 Å². The van der Waals surface area contributed by atoms with Crippen LogP contribution >= 0.6 is 11.8 Å². The molecule has 0 spiro atoms. The van der Waals surface area contributed by atoms with Crippen LogP contribution in [0.15, 0.2) is 78.0 Å². The first-order valence-electron chi connectivity index (χ1n) is 11.3. The summed E-state index contributed by atoms with van der Waals surface area (Å²) in [7, 11) is 4.87. The van der Waals surface area contributed by atoms with Gasteiger partial charge in [-0.15, -0.1) is 10.2 Å². The number of halogens is 1. The van der Waals surface area contributed by atoms with Crippen LogP contribution in [0.5, 0.6) is 11.5 Å². The molecule has 1 heterocycles. The van der Waals surface area contributed by atoms with Crippen LogP contribution in [0.1, 0.15) is 33.4 Å². The van der Waals surface area contributed by atoms with E-state index in [0.29, 0.717) is 45.8 Å². The van der Waals surface area contributed by atoms with Crippen molar-refractivity contribution in [2.24, 2.45) is 7.05 Å². The third kappa shape index (κ3) is 5.68. The first-order chi connectivity index (χ1) is 17.5. The van der Waals surface area contributed by atoms with Gasteiger partial charge in [-0.1, -0.05) is 66.4 Å². The minimum Gasteiger partial charge on any atom is -0.493 e. The highest BCUT2D eigenvalue weighted by molar-refractivity contribution is 7.98. The molecule has 186 valence electrons. The van der Waals surface area contributed by atoms with Crippen LogP contribution in [-0.4, -0.2) is 34.9 Å². The van der Waals surface area contributed by atoms with Gasteiger partial charge in [-0.2, -0.15) is 0 Å². The van der Waals surface area contributed by atoms with Gasteiger partial charge in [0.1, 0.15) is 5.82 Å². The lowest BCUT2D eigenvalue weighted by molar-refractivity contribution is 0.0930. The summed E-state index contributed by atoms with van der Waals surface area (Å²) >= 11 is 1.39. The van der Waals surface area contributed by atoms with Gasteiger partial charge in [-0.25, -0.2) is 4.39 Å². The molecule has 1 N–H and O–H groups in total. The first-order valence-corrected chi connectivity index (χ1v) is 12.3. The quantitative estimate of drug-likeness (QED) is 0.306. The topological polar surface area (TPSA) is 78.3 Å². The van der Waals surface area contributed by atoms with Gasteiger partial charge in [0.25, 0.3) is 5.91 Å². The Morgan fingerprint density at radius 1 is 1.00 bits per heavy atom. The van der Waals surface area contributed by atoms with Crippen LogP contribution in [-0.2, 0) is 19.2 Å². The molecule has 9 heteroatoms. The van der Waals surface area contributed by atoms with E-state index in [4.69, 9.17) is 9.47 Å². The molecule has 0 bridgehead atoms. The van der Waals surface area contributed by atoms with Crippen molar-refractivity contribution in [1.82, 2.24) is 20.1 Å². The third-order valence-electron chi connectivity index (χ3n) is 5.73. The normalized spacial score (nSPS) is 11.7. The Bertz CT molecular complexity index is 1330. The maximum absolute atomic E-state index is 14.1. The Morgan fingerprint density at radius 3 is 2.47 bits per heavy atom. The number of hydrogen-bond donors (Lipinski definition) is 1. The fourth-order valence-corrected chi connectivity index (χ4v) is 4.78. The number of ether oxygens (including phenoxy) is 2. The predicted octanol–water partition coefficient (Wildman–Crippen LogP) is 4.98. The lowest BCUT2D eigenvalue weighted by Crippen LogP contribution is -2.32. The van der Waals surface area contributed by atoms with Gasteiger partial charge in [0, 0.05) is 12.8 Å². The molecular formula is C27H27FN4O3S. The Balaban J connectivity index is 1.61. The van der Waals surface area contributed by atoms with Crippen LogP contribution < -0.4 is 14.8 Å². The fourth-order valence-electron chi connectivity index (χ4n) is 3.87.